The lowest BCUT2D eigenvalue weighted by Gasteiger charge is -2.25. The van der Waals surface area contributed by atoms with Crippen molar-refractivity contribution in [2.45, 2.75) is 108 Å². The lowest BCUT2D eigenvalue weighted by molar-refractivity contribution is -0.141. The Morgan fingerprint density at radius 2 is 1.04 bits per heavy atom. The van der Waals surface area contributed by atoms with Gasteiger partial charge in [-0.15, -0.1) is 0 Å². The molecule has 0 spiro atoms. The minimum absolute atomic E-state index is 0.0755. The van der Waals surface area contributed by atoms with Crippen LogP contribution in [0.4, 0.5) is 0 Å². The Bertz CT molecular complexity index is 2090. The standard InChI is InChI=1S/C44H65N11O14/c1-4-23(2)37(46)44(69)55-33(22-56)43(68)53-30(17-25-8-12-27(57)13-9-25)40(65)49-20-34(59)48-21-35(60)50-24(3)39(64)52-32(19-36(61)62)42(67)54-31(18-26-10-14-28(58)15-11-26)41(66)51-29(38(47)63)7-5-6-16-45/h8-15,23-24,29-33,37,56-58H,4-7,16-22,45-46H2,1-3H3,(H2,47,63)(H,48,59)(H,49,65)(H,50,60)(H,51,66)(H,52,64)(H,53,68)(H,54,67)(H,55,69)(H,61,62)/t23-,24-,29-,30-,31-,32-,33-,37-/m0/s1. The SMILES string of the molecule is CC[C@H](C)[C@H](N)C(=O)N[C@@H](CO)C(=O)N[C@@H](Cc1ccc(O)cc1)C(=O)NCC(=O)NCC(=O)N[C@@H](C)C(=O)N[C@@H](CC(=O)O)C(=O)N[C@@H](Cc1ccc(O)cc1)C(=O)N[C@@H](CCCCN)C(N)=O. The molecule has 2 rings (SSSR count). The van der Waals surface area contributed by atoms with E-state index in [0.717, 1.165) is 0 Å². The smallest absolute Gasteiger partial charge is 0.305 e. The summed E-state index contributed by atoms with van der Waals surface area (Å²) in [6, 6.07) is 1.50. The normalized spacial score (nSPS) is 14.3. The molecule has 0 aliphatic rings. The second-order valence-corrected chi connectivity index (χ2v) is 16.2. The molecule has 2 aromatic rings. The largest absolute Gasteiger partial charge is 0.508 e. The average molecular weight is 972 g/mol. The summed E-state index contributed by atoms with van der Waals surface area (Å²) >= 11 is 0. The van der Waals surface area contributed by atoms with Crippen LogP contribution < -0.4 is 59.7 Å². The number of aromatic hydroxyl groups is 2. The Morgan fingerprint density at radius 3 is 1.54 bits per heavy atom. The number of carbonyl (C=O) groups excluding carboxylic acids is 9. The summed E-state index contributed by atoms with van der Waals surface area (Å²) in [7, 11) is 0. The van der Waals surface area contributed by atoms with Crippen molar-refractivity contribution in [1.82, 2.24) is 42.5 Å². The molecule has 0 radical (unpaired) electrons. The van der Waals surface area contributed by atoms with Gasteiger partial charge in [-0.05, 0) is 74.0 Å². The van der Waals surface area contributed by atoms with E-state index in [9.17, 15) is 68.4 Å². The highest BCUT2D eigenvalue weighted by molar-refractivity contribution is 5.98. The van der Waals surface area contributed by atoms with Gasteiger partial charge in [-0.1, -0.05) is 44.5 Å². The Kier molecular flexibility index (Phi) is 24.6. The van der Waals surface area contributed by atoms with E-state index in [0.29, 0.717) is 36.9 Å². The Labute approximate surface area is 397 Å². The lowest BCUT2D eigenvalue weighted by Crippen LogP contribution is -2.59. The molecule has 0 bridgehead atoms. The number of carbonyl (C=O) groups is 10. The van der Waals surface area contributed by atoms with Gasteiger partial charge in [-0.2, -0.15) is 0 Å². The van der Waals surface area contributed by atoms with Crippen LogP contribution in [0.1, 0.15) is 64.0 Å². The van der Waals surface area contributed by atoms with Gasteiger partial charge in [-0.25, -0.2) is 0 Å². The molecule has 0 fully saturated rings. The van der Waals surface area contributed by atoms with Crippen molar-refractivity contribution in [2.24, 2.45) is 23.1 Å². The van der Waals surface area contributed by atoms with Gasteiger partial charge in [0, 0.05) is 12.8 Å². The van der Waals surface area contributed by atoms with Crippen LogP contribution >= 0.6 is 0 Å². The fourth-order valence-electron chi connectivity index (χ4n) is 6.29. The highest BCUT2D eigenvalue weighted by Gasteiger charge is 2.33. The van der Waals surface area contributed by atoms with E-state index in [2.05, 4.69) is 42.5 Å². The van der Waals surface area contributed by atoms with Gasteiger partial charge < -0.3 is 80.2 Å². The number of nitrogens with two attached hydrogens (primary N) is 3. The second kappa shape index (κ2) is 29.4. The molecule has 0 saturated carbocycles. The zero-order chi connectivity index (χ0) is 51.8. The maximum absolute atomic E-state index is 13.5. The molecule has 18 N–H and O–H groups in total. The highest BCUT2D eigenvalue weighted by Crippen LogP contribution is 2.14. The van der Waals surface area contributed by atoms with Gasteiger partial charge in [0.05, 0.1) is 32.2 Å². The molecule has 0 aromatic heterocycles. The fraction of sp³-hybridized carbons (Fsp3) is 0.500. The number of carboxylic acids is 1. The average Bonchev–Trinajstić information content (AvgIpc) is 3.31. The van der Waals surface area contributed by atoms with Crippen molar-refractivity contribution in [3.8, 4) is 11.5 Å². The number of phenolic OH excluding ortho intramolecular Hbond substituents is 2. The first-order valence-electron chi connectivity index (χ1n) is 22.1. The molecule has 0 aliphatic heterocycles. The summed E-state index contributed by atoms with van der Waals surface area (Å²) in [6.45, 7) is 2.76. The van der Waals surface area contributed by atoms with E-state index in [1.165, 1.54) is 55.5 Å². The topological polar surface area (TPSA) is 426 Å². The number of hydrogen-bond acceptors (Lipinski definition) is 15. The van der Waals surface area contributed by atoms with Crippen LogP contribution in [0.3, 0.4) is 0 Å². The second-order valence-electron chi connectivity index (χ2n) is 16.2. The van der Waals surface area contributed by atoms with E-state index in [-0.39, 0.29) is 36.7 Å². The number of phenols is 2. The summed E-state index contributed by atoms with van der Waals surface area (Å²) in [5.74, 6) is -10.2. The third-order valence-electron chi connectivity index (χ3n) is 10.7. The third kappa shape index (κ3) is 21.0. The Morgan fingerprint density at radius 1 is 0.580 bits per heavy atom. The molecule has 25 heteroatoms. The lowest BCUT2D eigenvalue weighted by atomic mass is 9.99. The number of amides is 9. The minimum atomic E-state index is -1.80. The van der Waals surface area contributed by atoms with Crippen molar-refractivity contribution in [1.29, 1.82) is 0 Å². The van der Waals surface area contributed by atoms with Crippen molar-refractivity contribution in [3.05, 3.63) is 59.7 Å². The molecule has 380 valence electrons. The van der Waals surface area contributed by atoms with Crippen LogP contribution in [0.15, 0.2) is 48.5 Å². The third-order valence-corrected chi connectivity index (χ3v) is 10.7. The summed E-state index contributed by atoms with van der Waals surface area (Å²) in [4.78, 5) is 129. The summed E-state index contributed by atoms with van der Waals surface area (Å²) < 4.78 is 0. The number of unbranched alkanes of at least 4 members (excludes halogenated alkanes) is 1. The monoisotopic (exact) mass is 971 g/mol. The van der Waals surface area contributed by atoms with Crippen LogP contribution in [-0.4, -0.2) is 148 Å². The Balaban J connectivity index is 2.08. The molecule has 0 heterocycles. The van der Waals surface area contributed by atoms with Gasteiger partial charge >= 0.3 is 5.97 Å². The maximum atomic E-state index is 13.5. The number of aliphatic hydroxyl groups excluding tert-OH is 1. The van der Waals surface area contributed by atoms with Crippen LogP contribution in [0.25, 0.3) is 0 Å². The molecule has 25 nitrogen and oxygen atoms in total. The zero-order valence-electron chi connectivity index (χ0n) is 38.6. The predicted octanol–water partition coefficient (Wildman–Crippen LogP) is -4.50. The summed E-state index contributed by atoms with van der Waals surface area (Å²) in [6.07, 6.45) is 0.312. The number of aliphatic hydroxyl groups is 1. The highest BCUT2D eigenvalue weighted by atomic mass is 16.4. The number of rotatable bonds is 30. The van der Waals surface area contributed by atoms with Crippen molar-refractivity contribution < 1.29 is 68.4 Å². The number of hydrogen-bond donors (Lipinski definition) is 15. The van der Waals surface area contributed by atoms with Crippen molar-refractivity contribution in [2.75, 3.05) is 26.2 Å². The van der Waals surface area contributed by atoms with Gasteiger partial charge in [0.2, 0.25) is 53.2 Å². The zero-order valence-corrected chi connectivity index (χ0v) is 38.6. The molecule has 9 amide bonds. The molecular weight excluding hydrogens is 907 g/mol. The van der Waals surface area contributed by atoms with E-state index < -0.39 is 128 Å². The van der Waals surface area contributed by atoms with Gasteiger partial charge in [0.25, 0.3) is 0 Å². The molecule has 69 heavy (non-hydrogen) atoms. The fourth-order valence-corrected chi connectivity index (χ4v) is 6.29. The minimum Gasteiger partial charge on any atom is -0.508 e. The van der Waals surface area contributed by atoms with E-state index >= 15 is 0 Å². The summed E-state index contributed by atoms with van der Waals surface area (Å²) in [5, 5.41) is 57.6. The molecule has 2 aromatic carbocycles. The Hall–Kier alpha value is -7.38. The molecule has 0 saturated heterocycles. The van der Waals surface area contributed by atoms with Crippen LogP contribution in [-0.2, 0) is 60.8 Å². The molecule has 8 atom stereocenters. The van der Waals surface area contributed by atoms with E-state index in [1.54, 1.807) is 6.92 Å². The van der Waals surface area contributed by atoms with Crippen LogP contribution in [0, 0.1) is 5.92 Å². The van der Waals surface area contributed by atoms with Gasteiger partial charge in [0.15, 0.2) is 0 Å². The van der Waals surface area contributed by atoms with Gasteiger partial charge in [0.1, 0.15) is 47.8 Å². The quantitative estimate of drug-likeness (QED) is 0.0328. The summed E-state index contributed by atoms with van der Waals surface area (Å²) in [5.41, 5.74) is 17.9. The van der Waals surface area contributed by atoms with Crippen LogP contribution in [0.2, 0.25) is 0 Å². The predicted molar refractivity (Wildman–Crippen MR) is 246 cm³/mol. The first-order chi connectivity index (χ1) is 32.6. The number of benzene rings is 2. The number of aliphatic carboxylic acids is 1. The van der Waals surface area contributed by atoms with Crippen molar-refractivity contribution in [3.63, 3.8) is 0 Å². The first kappa shape index (κ1) is 57.7. The first-order valence-corrected chi connectivity index (χ1v) is 22.1. The van der Waals surface area contributed by atoms with Crippen molar-refractivity contribution >= 4 is 59.1 Å². The number of primary amides is 1. The van der Waals surface area contributed by atoms with E-state index in [1.807, 2.05) is 6.92 Å². The van der Waals surface area contributed by atoms with Crippen LogP contribution in [0.5, 0.6) is 11.5 Å². The number of carboxylic acid groups (broad SMARTS) is 1. The van der Waals surface area contributed by atoms with Gasteiger partial charge in [-0.3, -0.25) is 47.9 Å². The molecular formula is C44H65N11O14. The molecule has 0 aliphatic carbocycles. The number of nitrogens with one attached hydrogen (secondary N) is 8. The maximum Gasteiger partial charge on any atom is 0.305 e. The van der Waals surface area contributed by atoms with E-state index in [4.69, 9.17) is 17.2 Å². The molecule has 0 unspecified atom stereocenters.